The maximum Gasteiger partial charge on any atom is 0.306 e. The molecule has 1 saturated heterocycles. The number of esters is 2. The second kappa shape index (κ2) is 39.1. The van der Waals surface area contributed by atoms with E-state index >= 15 is 0 Å². The van der Waals surface area contributed by atoms with Gasteiger partial charge in [0.1, 0.15) is 67.6 Å². The van der Waals surface area contributed by atoms with Crippen LogP contribution in [0.2, 0.25) is 0 Å². The van der Waals surface area contributed by atoms with Crippen molar-refractivity contribution in [1.29, 1.82) is 0 Å². The molecule has 9 N–H and O–H groups in total. The SMILES string of the molecule is CCCCCCCCCCCCCC(=O)OC[C@H](COP(=O)([O-])O[C@@H]1[C@@H](O)[C@H](O)[C@@H](O)[C@H](O)[C@@H]1O[C@H]1O[C@H](CO)[C@@H](O)[C@H](O)[C@@H]1O)OC(=O)CCCCCCCCCCCCC.CC[NH+](CC)CC. The summed E-state index contributed by atoms with van der Waals surface area (Å²) >= 11 is 0. The molecule has 2 rings (SSSR count). The molecule has 19 nitrogen and oxygen atoms in total. The van der Waals surface area contributed by atoms with Gasteiger partial charge in [0, 0.05) is 12.8 Å². The van der Waals surface area contributed by atoms with Crippen molar-refractivity contribution in [3.8, 4) is 0 Å². The lowest BCUT2D eigenvalue weighted by Gasteiger charge is -2.47. The van der Waals surface area contributed by atoms with Gasteiger partial charge in [0.25, 0.3) is 7.82 Å². The Morgan fingerprint density at radius 3 is 1.38 bits per heavy atom. The van der Waals surface area contributed by atoms with Gasteiger partial charge in [-0.1, -0.05) is 142 Å². The number of hydrogen-bond donors (Lipinski definition) is 9. The number of aliphatic hydroxyl groups excluding tert-OH is 8. The van der Waals surface area contributed by atoms with Gasteiger partial charge < -0.3 is 78.6 Å². The highest BCUT2D eigenvalue weighted by Crippen LogP contribution is 2.44. The first kappa shape index (κ1) is 65.6. The van der Waals surface area contributed by atoms with Crippen LogP contribution in [0, 0.1) is 0 Å². The molecule has 0 spiro atoms. The summed E-state index contributed by atoms with van der Waals surface area (Å²) in [6.07, 6.45) is 0.259. The quantitative estimate of drug-likeness (QED) is 0.0244. The Morgan fingerprint density at radius 2 is 0.957 bits per heavy atom. The first-order valence-corrected chi connectivity index (χ1v) is 28.0. The van der Waals surface area contributed by atoms with Crippen LogP contribution in [0.5, 0.6) is 0 Å². The van der Waals surface area contributed by atoms with E-state index in [1.807, 2.05) is 0 Å². The molecule has 1 aliphatic carbocycles. The van der Waals surface area contributed by atoms with Crippen molar-refractivity contribution in [3.63, 3.8) is 0 Å². The van der Waals surface area contributed by atoms with Crippen LogP contribution in [0.15, 0.2) is 0 Å². The van der Waals surface area contributed by atoms with Gasteiger partial charge in [-0.3, -0.25) is 14.2 Å². The van der Waals surface area contributed by atoms with Crippen LogP contribution >= 0.6 is 7.82 Å². The fraction of sp³-hybridized carbons (Fsp3) is 0.959. The van der Waals surface area contributed by atoms with Crippen LogP contribution in [0.3, 0.4) is 0 Å². The van der Waals surface area contributed by atoms with Gasteiger partial charge >= 0.3 is 11.9 Å². The molecule has 2 fully saturated rings. The number of phosphoric acid groups is 1. The van der Waals surface area contributed by atoms with Crippen LogP contribution in [0.1, 0.15) is 189 Å². The molecule has 13 atom stereocenters. The molecule has 20 heteroatoms. The molecule has 2 aliphatic rings. The number of hydrogen-bond acceptors (Lipinski definition) is 18. The summed E-state index contributed by atoms with van der Waals surface area (Å²) in [6, 6.07) is 0. The number of aliphatic hydroxyl groups is 8. The number of quaternary nitrogens is 1. The number of unbranched alkanes of at least 4 members (excludes halogenated alkanes) is 20. The first-order chi connectivity index (χ1) is 33.0. The molecule has 0 bridgehead atoms. The minimum absolute atomic E-state index is 0.0229. The van der Waals surface area contributed by atoms with Crippen molar-refractivity contribution >= 4 is 19.8 Å². The highest BCUT2D eigenvalue weighted by atomic mass is 31.2. The summed E-state index contributed by atoms with van der Waals surface area (Å²) in [7, 11) is -5.61. The van der Waals surface area contributed by atoms with E-state index in [0.717, 1.165) is 51.4 Å². The van der Waals surface area contributed by atoms with E-state index in [0.29, 0.717) is 12.8 Å². The predicted octanol–water partition coefficient (Wildman–Crippen LogP) is 3.29. The predicted molar refractivity (Wildman–Crippen MR) is 257 cm³/mol. The van der Waals surface area contributed by atoms with Gasteiger partial charge in [-0.25, -0.2) is 0 Å². The van der Waals surface area contributed by atoms with Crippen molar-refractivity contribution in [2.24, 2.45) is 0 Å². The Labute approximate surface area is 413 Å². The van der Waals surface area contributed by atoms with E-state index in [1.165, 1.54) is 96.7 Å². The Morgan fingerprint density at radius 1 is 0.551 bits per heavy atom. The molecule has 1 heterocycles. The van der Waals surface area contributed by atoms with Crippen molar-refractivity contribution in [3.05, 3.63) is 0 Å². The number of carbonyl (C=O) groups excluding carboxylic acids is 2. The van der Waals surface area contributed by atoms with E-state index in [1.54, 1.807) is 4.90 Å². The lowest BCUT2D eigenvalue weighted by molar-refractivity contribution is -0.894. The zero-order valence-electron chi connectivity index (χ0n) is 42.7. The van der Waals surface area contributed by atoms with Gasteiger partial charge in [0.15, 0.2) is 12.4 Å². The van der Waals surface area contributed by atoms with Crippen molar-refractivity contribution < 1.29 is 92.8 Å². The topological polar surface area (TPSA) is 296 Å². The highest BCUT2D eigenvalue weighted by Gasteiger charge is 2.54. The summed E-state index contributed by atoms with van der Waals surface area (Å²) in [4.78, 5) is 40.4. The highest BCUT2D eigenvalue weighted by molar-refractivity contribution is 7.45. The first-order valence-electron chi connectivity index (χ1n) is 26.5. The number of carbonyl (C=O) groups is 2. The molecule has 410 valence electrons. The van der Waals surface area contributed by atoms with Crippen molar-refractivity contribution in [1.82, 2.24) is 0 Å². The Kier molecular flexibility index (Phi) is 37.2. The smallest absolute Gasteiger partial charge is 0.306 e. The fourth-order valence-electron chi connectivity index (χ4n) is 8.39. The van der Waals surface area contributed by atoms with E-state index in [-0.39, 0.29) is 12.8 Å². The maximum absolute atomic E-state index is 13.2. The molecule has 1 unspecified atom stereocenters. The summed E-state index contributed by atoms with van der Waals surface area (Å²) < 4.78 is 44.8. The second-order valence-corrected chi connectivity index (χ2v) is 20.1. The number of rotatable bonds is 38. The van der Waals surface area contributed by atoms with E-state index in [2.05, 4.69) is 34.6 Å². The van der Waals surface area contributed by atoms with Crippen LogP contribution in [-0.2, 0) is 42.1 Å². The van der Waals surface area contributed by atoms with E-state index in [9.17, 15) is 59.9 Å². The molecular weight excluding hydrogens is 922 g/mol. The van der Waals surface area contributed by atoms with Crippen molar-refractivity contribution in [2.75, 3.05) is 39.5 Å². The van der Waals surface area contributed by atoms with Crippen LogP contribution in [0.4, 0.5) is 0 Å². The largest absolute Gasteiger partial charge is 0.756 e. The summed E-state index contributed by atoms with van der Waals surface area (Å²) in [5.41, 5.74) is 0. The number of nitrogens with one attached hydrogen (secondary N) is 1. The molecule has 0 aromatic heterocycles. The summed E-state index contributed by atoms with van der Waals surface area (Å²) in [5, 5.41) is 82.6. The summed E-state index contributed by atoms with van der Waals surface area (Å²) in [6.45, 7) is 12.6. The second-order valence-electron chi connectivity index (χ2n) is 18.7. The zero-order valence-corrected chi connectivity index (χ0v) is 43.6. The monoisotopic (exact) mass is 1020 g/mol. The molecule has 0 aromatic rings. The lowest BCUT2D eigenvalue weighted by Crippen LogP contribution is -3.11. The number of ether oxygens (including phenoxy) is 4. The standard InChI is InChI=1S/C43H81O18P.C6H15N/c1-3-5-7-9-11-13-15-17-19-21-23-25-32(45)56-28-30(58-33(46)26-24-22-20-18-16-14-12-10-8-6-4-2)29-57-62(54,55)61-42-39(52)37(50)36(49)38(51)41(42)60-43-40(53)35(48)34(47)31(27-44)59-43;1-4-7(5-2)6-3/h30-31,34-44,47-53H,3-29H2,1-2H3,(H,54,55);4-6H2,1-3H3/t30-,31-,34-,35+,36-,37-,38+,39+,40+,41+,42-,43-;/m1./s1. The average molecular weight is 1020 g/mol. The van der Waals surface area contributed by atoms with Crippen LogP contribution in [0.25, 0.3) is 0 Å². The maximum atomic E-state index is 13.2. The van der Waals surface area contributed by atoms with Gasteiger partial charge in [-0.2, -0.15) is 0 Å². The molecule has 0 radical (unpaired) electrons. The molecule has 69 heavy (non-hydrogen) atoms. The third-order valence-electron chi connectivity index (χ3n) is 13.1. The zero-order chi connectivity index (χ0) is 51.6. The third kappa shape index (κ3) is 27.5. The fourth-order valence-corrected chi connectivity index (χ4v) is 9.34. The van der Waals surface area contributed by atoms with E-state index < -0.39 is 113 Å². The lowest BCUT2D eigenvalue weighted by atomic mass is 9.84. The summed E-state index contributed by atoms with van der Waals surface area (Å²) in [5.74, 6) is -1.25. The third-order valence-corrected chi connectivity index (χ3v) is 14.0. The van der Waals surface area contributed by atoms with Gasteiger partial charge in [-0.05, 0) is 33.6 Å². The van der Waals surface area contributed by atoms with Crippen LogP contribution in [-0.4, -0.2) is 166 Å². The normalized spacial score (nSPS) is 27.3. The molecule has 1 saturated carbocycles. The molecule has 1 aliphatic heterocycles. The Bertz CT molecular complexity index is 1330. The Balaban J connectivity index is 0.00000314. The number of phosphoric ester groups is 1. The van der Waals surface area contributed by atoms with Gasteiger partial charge in [0.2, 0.25) is 0 Å². The average Bonchev–Trinajstić information content (AvgIpc) is 3.33. The molecule has 0 amide bonds. The van der Waals surface area contributed by atoms with Gasteiger partial charge in [-0.15, -0.1) is 0 Å². The minimum atomic E-state index is -5.61. The van der Waals surface area contributed by atoms with Gasteiger partial charge in [0.05, 0.1) is 32.8 Å². The van der Waals surface area contributed by atoms with Crippen LogP contribution < -0.4 is 9.79 Å². The van der Waals surface area contributed by atoms with Crippen molar-refractivity contribution in [2.45, 2.75) is 262 Å². The Hall–Kier alpha value is -1.39. The van der Waals surface area contributed by atoms with E-state index in [4.69, 9.17) is 28.0 Å². The molecular formula is C49H96NO18P. The molecule has 0 aromatic carbocycles. The minimum Gasteiger partial charge on any atom is -0.756 e.